The van der Waals surface area contributed by atoms with Crippen LogP contribution < -0.4 is 4.72 Å². The lowest BCUT2D eigenvalue weighted by Gasteiger charge is -2.03. The topological polar surface area (TPSA) is 46.2 Å². The first-order chi connectivity index (χ1) is 6.47. The molecule has 0 aliphatic carbocycles. The number of sulfonamides is 1. The van der Waals surface area contributed by atoms with E-state index in [1.807, 2.05) is 32.9 Å². The minimum Gasteiger partial charge on any atom is -0.284 e. The van der Waals surface area contributed by atoms with Gasteiger partial charge in [-0.1, -0.05) is 26.0 Å². The highest BCUT2D eigenvalue weighted by molar-refractivity contribution is 7.92. The SMILES string of the molecule is CC.Cc1cccc(NS(C)(=O)=O)c1. The zero-order valence-electron chi connectivity index (χ0n) is 9.03. The number of hydrogen-bond acceptors (Lipinski definition) is 2. The molecule has 0 heterocycles. The van der Waals surface area contributed by atoms with Crippen LogP contribution in [0.3, 0.4) is 0 Å². The van der Waals surface area contributed by atoms with E-state index in [0.717, 1.165) is 11.8 Å². The van der Waals surface area contributed by atoms with Gasteiger partial charge in [-0.15, -0.1) is 0 Å². The van der Waals surface area contributed by atoms with Gasteiger partial charge in [0.1, 0.15) is 0 Å². The molecule has 1 N–H and O–H groups in total. The summed E-state index contributed by atoms with van der Waals surface area (Å²) in [5.41, 5.74) is 1.64. The minimum atomic E-state index is -3.14. The fourth-order valence-corrected chi connectivity index (χ4v) is 1.48. The van der Waals surface area contributed by atoms with E-state index in [2.05, 4.69) is 4.72 Å². The normalized spacial score (nSPS) is 10.0. The van der Waals surface area contributed by atoms with Gasteiger partial charge in [0, 0.05) is 5.69 Å². The third-order valence-electron chi connectivity index (χ3n) is 1.32. The summed E-state index contributed by atoms with van der Waals surface area (Å²) >= 11 is 0. The van der Waals surface area contributed by atoms with Gasteiger partial charge >= 0.3 is 0 Å². The van der Waals surface area contributed by atoms with E-state index in [0.29, 0.717) is 5.69 Å². The summed E-state index contributed by atoms with van der Waals surface area (Å²) in [5.74, 6) is 0. The second-order valence-corrected chi connectivity index (χ2v) is 4.49. The molecule has 0 bridgehead atoms. The Hall–Kier alpha value is -1.03. The van der Waals surface area contributed by atoms with E-state index in [-0.39, 0.29) is 0 Å². The summed E-state index contributed by atoms with van der Waals surface area (Å²) in [5, 5.41) is 0. The summed E-state index contributed by atoms with van der Waals surface area (Å²) in [6.07, 6.45) is 1.13. The smallest absolute Gasteiger partial charge is 0.229 e. The van der Waals surface area contributed by atoms with Crippen LogP contribution in [0, 0.1) is 6.92 Å². The van der Waals surface area contributed by atoms with Crippen LogP contribution in [0.5, 0.6) is 0 Å². The third kappa shape index (κ3) is 5.59. The van der Waals surface area contributed by atoms with Crippen molar-refractivity contribution in [2.45, 2.75) is 20.8 Å². The van der Waals surface area contributed by atoms with Crippen molar-refractivity contribution in [3.63, 3.8) is 0 Å². The van der Waals surface area contributed by atoms with E-state index in [1.165, 1.54) is 0 Å². The largest absolute Gasteiger partial charge is 0.284 e. The summed E-state index contributed by atoms with van der Waals surface area (Å²) in [6, 6.07) is 7.21. The van der Waals surface area contributed by atoms with Crippen molar-refractivity contribution in [3.8, 4) is 0 Å². The zero-order valence-corrected chi connectivity index (χ0v) is 9.85. The van der Waals surface area contributed by atoms with Gasteiger partial charge in [0.05, 0.1) is 6.26 Å². The predicted octanol–water partition coefficient (Wildman–Crippen LogP) is 2.39. The van der Waals surface area contributed by atoms with Crippen molar-refractivity contribution in [1.29, 1.82) is 0 Å². The first-order valence-corrected chi connectivity index (χ1v) is 6.41. The molecule has 1 rings (SSSR count). The number of hydrogen-bond donors (Lipinski definition) is 1. The van der Waals surface area contributed by atoms with Crippen LogP contribution in [0.15, 0.2) is 24.3 Å². The number of aryl methyl sites for hydroxylation is 1. The maximum atomic E-state index is 10.8. The van der Waals surface area contributed by atoms with Crippen LogP contribution in [0.2, 0.25) is 0 Å². The highest BCUT2D eigenvalue weighted by Gasteiger charge is 1.99. The van der Waals surface area contributed by atoms with Crippen LogP contribution in [0.4, 0.5) is 5.69 Å². The molecule has 0 spiro atoms. The maximum absolute atomic E-state index is 10.8. The quantitative estimate of drug-likeness (QED) is 0.823. The molecule has 0 radical (unpaired) electrons. The van der Waals surface area contributed by atoms with Gasteiger partial charge in [0.15, 0.2) is 0 Å². The molecule has 0 aliphatic heterocycles. The van der Waals surface area contributed by atoms with Crippen LogP contribution in [0.25, 0.3) is 0 Å². The van der Waals surface area contributed by atoms with Crippen molar-refractivity contribution >= 4 is 15.7 Å². The lowest BCUT2D eigenvalue weighted by Crippen LogP contribution is -2.09. The Morgan fingerprint density at radius 1 is 1.21 bits per heavy atom. The number of benzene rings is 1. The molecule has 0 fully saturated rings. The van der Waals surface area contributed by atoms with Gasteiger partial charge in [0.2, 0.25) is 10.0 Å². The van der Waals surface area contributed by atoms with Gasteiger partial charge < -0.3 is 0 Å². The summed E-state index contributed by atoms with van der Waals surface area (Å²) in [4.78, 5) is 0. The Labute approximate surface area is 86.2 Å². The van der Waals surface area contributed by atoms with Crippen LogP contribution in [-0.2, 0) is 10.0 Å². The highest BCUT2D eigenvalue weighted by Crippen LogP contribution is 2.10. The molecule has 1 aromatic rings. The fraction of sp³-hybridized carbons (Fsp3) is 0.400. The maximum Gasteiger partial charge on any atom is 0.229 e. The number of anilines is 1. The second kappa shape index (κ2) is 5.65. The van der Waals surface area contributed by atoms with E-state index in [1.54, 1.807) is 12.1 Å². The molecule has 0 saturated carbocycles. The molecule has 0 unspecified atom stereocenters. The van der Waals surface area contributed by atoms with E-state index < -0.39 is 10.0 Å². The molecule has 0 atom stereocenters. The van der Waals surface area contributed by atoms with Crippen molar-refractivity contribution in [3.05, 3.63) is 29.8 Å². The van der Waals surface area contributed by atoms with Crippen molar-refractivity contribution in [2.24, 2.45) is 0 Å². The van der Waals surface area contributed by atoms with Crippen molar-refractivity contribution in [1.82, 2.24) is 0 Å². The summed E-state index contributed by atoms with van der Waals surface area (Å²) in [7, 11) is -3.14. The second-order valence-electron chi connectivity index (χ2n) is 2.74. The third-order valence-corrected chi connectivity index (χ3v) is 1.93. The molecule has 0 saturated heterocycles. The molecule has 14 heavy (non-hydrogen) atoms. The van der Waals surface area contributed by atoms with Crippen LogP contribution >= 0.6 is 0 Å². The summed E-state index contributed by atoms with van der Waals surface area (Å²) < 4.78 is 24.0. The molecule has 3 nitrogen and oxygen atoms in total. The van der Waals surface area contributed by atoms with Gasteiger partial charge in [-0.05, 0) is 24.6 Å². The molecule has 1 aromatic carbocycles. The first-order valence-electron chi connectivity index (χ1n) is 4.52. The lowest BCUT2D eigenvalue weighted by molar-refractivity contribution is 0.607. The Morgan fingerprint density at radius 2 is 1.79 bits per heavy atom. The average molecular weight is 215 g/mol. The standard InChI is InChI=1S/C8H11NO2S.C2H6/c1-7-4-3-5-8(6-7)9-12(2,10)11;1-2/h3-6,9H,1-2H3;1-2H3. The minimum absolute atomic E-state index is 0.609. The Kier molecular flexibility index (Phi) is 5.23. The monoisotopic (exact) mass is 215 g/mol. The van der Waals surface area contributed by atoms with E-state index in [9.17, 15) is 8.42 Å². The Bertz CT molecular complexity index is 371. The predicted molar refractivity (Wildman–Crippen MR) is 61.0 cm³/mol. The summed E-state index contributed by atoms with van der Waals surface area (Å²) in [6.45, 7) is 5.91. The van der Waals surface area contributed by atoms with Gasteiger partial charge in [-0.3, -0.25) is 4.72 Å². The van der Waals surface area contributed by atoms with Crippen molar-refractivity contribution in [2.75, 3.05) is 11.0 Å². The van der Waals surface area contributed by atoms with Crippen LogP contribution in [0.1, 0.15) is 19.4 Å². The van der Waals surface area contributed by atoms with E-state index >= 15 is 0 Å². The Morgan fingerprint density at radius 3 is 2.21 bits per heavy atom. The molecule has 0 aromatic heterocycles. The number of rotatable bonds is 2. The first kappa shape index (κ1) is 13.0. The van der Waals surface area contributed by atoms with Gasteiger partial charge in [-0.2, -0.15) is 0 Å². The molecular weight excluding hydrogens is 198 g/mol. The Balaban J connectivity index is 0.000000791. The molecule has 0 aliphatic rings. The molecular formula is C10H17NO2S. The van der Waals surface area contributed by atoms with Crippen LogP contribution in [-0.4, -0.2) is 14.7 Å². The van der Waals surface area contributed by atoms with E-state index in [4.69, 9.17) is 0 Å². The van der Waals surface area contributed by atoms with Gasteiger partial charge in [0.25, 0.3) is 0 Å². The average Bonchev–Trinajstić information content (AvgIpc) is 2.04. The fourth-order valence-electron chi connectivity index (χ4n) is 0.923. The van der Waals surface area contributed by atoms with Gasteiger partial charge in [-0.25, -0.2) is 8.42 Å². The molecule has 0 amide bonds. The highest BCUT2D eigenvalue weighted by atomic mass is 32.2. The number of nitrogens with one attached hydrogen (secondary N) is 1. The van der Waals surface area contributed by atoms with Crippen molar-refractivity contribution < 1.29 is 8.42 Å². The zero-order chi connectivity index (χ0) is 11.2. The molecule has 4 heteroatoms. The lowest BCUT2D eigenvalue weighted by atomic mass is 10.2. The molecule has 80 valence electrons.